The molecule has 0 rings (SSSR count). The van der Waals surface area contributed by atoms with Gasteiger partial charge in [0.15, 0.2) is 5.84 Å². The van der Waals surface area contributed by atoms with E-state index >= 15 is 0 Å². The predicted molar refractivity (Wildman–Crippen MR) is 52.1 cm³/mol. The minimum absolute atomic E-state index is 0.0110. The van der Waals surface area contributed by atoms with Crippen molar-refractivity contribution in [3.05, 3.63) is 0 Å². The molecule has 0 aliphatic heterocycles. The lowest BCUT2D eigenvalue weighted by molar-refractivity contribution is -0.121. The van der Waals surface area contributed by atoms with Crippen LogP contribution in [-0.4, -0.2) is 36.7 Å². The smallest absolute Gasteiger partial charge is 0.220 e. The second-order valence-corrected chi connectivity index (χ2v) is 2.67. The van der Waals surface area contributed by atoms with E-state index in [-0.39, 0.29) is 18.3 Å². The van der Waals surface area contributed by atoms with E-state index in [9.17, 15) is 4.79 Å². The molecule has 0 spiro atoms. The van der Waals surface area contributed by atoms with Crippen LogP contribution in [0.25, 0.3) is 0 Å². The summed E-state index contributed by atoms with van der Waals surface area (Å²) in [6, 6.07) is 0. The Kier molecular flexibility index (Phi) is 7.53. The van der Waals surface area contributed by atoms with Gasteiger partial charge in [-0.05, 0) is 13.3 Å². The number of carbonyl (C=O) groups excluding carboxylic acids is 1. The Labute approximate surface area is 83.1 Å². The van der Waals surface area contributed by atoms with Crippen molar-refractivity contribution in [2.45, 2.75) is 19.8 Å². The summed E-state index contributed by atoms with van der Waals surface area (Å²) in [5, 5.41) is 13.4. The summed E-state index contributed by atoms with van der Waals surface area (Å²) in [6.07, 6.45) is 1.06. The molecule has 1 amide bonds. The Morgan fingerprint density at radius 3 is 2.93 bits per heavy atom. The molecule has 0 aliphatic rings. The number of oxime groups is 1. The highest BCUT2D eigenvalue weighted by molar-refractivity contribution is 5.86. The normalized spacial score (nSPS) is 11.4. The molecule has 14 heavy (non-hydrogen) atoms. The molecule has 0 aromatic heterocycles. The van der Waals surface area contributed by atoms with Crippen LogP contribution in [0.4, 0.5) is 0 Å². The van der Waals surface area contributed by atoms with Gasteiger partial charge in [-0.25, -0.2) is 0 Å². The minimum Gasteiger partial charge on any atom is -0.409 e. The third-order valence-electron chi connectivity index (χ3n) is 1.49. The first-order valence-corrected chi connectivity index (χ1v) is 4.51. The van der Waals surface area contributed by atoms with Crippen LogP contribution < -0.4 is 11.1 Å². The van der Waals surface area contributed by atoms with Gasteiger partial charge in [0.05, 0.1) is 6.54 Å². The number of hydrogen-bond donors (Lipinski definition) is 3. The molecule has 0 aromatic rings. The number of rotatable bonds is 7. The third kappa shape index (κ3) is 7.35. The standard InChI is InChI=1S/C8H17N3O3/c1-2-14-5-3-4-8(12)10-6-7(9)11-13/h13H,2-6H2,1H3,(H2,9,11)(H,10,12). The van der Waals surface area contributed by atoms with Gasteiger partial charge in [0, 0.05) is 19.6 Å². The van der Waals surface area contributed by atoms with Crippen molar-refractivity contribution in [2.24, 2.45) is 10.9 Å². The maximum absolute atomic E-state index is 11.1. The molecule has 82 valence electrons. The Hall–Kier alpha value is -1.30. The predicted octanol–water partition coefficient (Wildman–Crippen LogP) is -0.334. The van der Waals surface area contributed by atoms with E-state index in [1.54, 1.807) is 0 Å². The van der Waals surface area contributed by atoms with Crippen LogP contribution in [-0.2, 0) is 9.53 Å². The largest absolute Gasteiger partial charge is 0.409 e. The third-order valence-corrected chi connectivity index (χ3v) is 1.49. The van der Waals surface area contributed by atoms with Crippen LogP contribution in [0, 0.1) is 0 Å². The number of nitrogens with two attached hydrogens (primary N) is 1. The van der Waals surface area contributed by atoms with Crippen molar-refractivity contribution in [2.75, 3.05) is 19.8 Å². The maximum atomic E-state index is 11.1. The first-order valence-electron chi connectivity index (χ1n) is 4.51. The lowest BCUT2D eigenvalue weighted by Gasteiger charge is -2.03. The van der Waals surface area contributed by atoms with E-state index in [1.807, 2.05) is 6.92 Å². The molecule has 0 aliphatic carbocycles. The van der Waals surface area contributed by atoms with Crippen molar-refractivity contribution >= 4 is 11.7 Å². The highest BCUT2D eigenvalue weighted by Gasteiger charge is 2.01. The highest BCUT2D eigenvalue weighted by Crippen LogP contribution is 1.89. The molecule has 4 N–H and O–H groups in total. The average Bonchev–Trinajstić information content (AvgIpc) is 2.21. The molecule has 0 bridgehead atoms. The van der Waals surface area contributed by atoms with Gasteiger partial charge in [-0.1, -0.05) is 5.16 Å². The molecule has 6 nitrogen and oxygen atoms in total. The number of nitrogens with one attached hydrogen (secondary N) is 1. The van der Waals surface area contributed by atoms with Crippen molar-refractivity contribution < 1.29 is 14.7 Å². The van der Waals surface area contributed by atoms with Crippen LogP contribution in [0.5, 0.6) is 0 Å². The SMILES string of the molecule is CCOCCCC(=O)NCC(N)=NO. The Morgan fingerprint density at radius 1 is 1.64 bits per heavy atom. The lowest BCUT2D eigenvalue weighted by atomic mass is 10.3. The summed E-state index contributed by atoms with van der Waals surface area (Å²) in [6.45, 7) is 3.21. The summed E-state index contributed by atoms with van der Waals surface area (Å²) in [5.74, 6) is -0.139. The van der Waals surface area contributed by atoms with Crippen LogP contribution in [0.3, 0.4) is 0 Å². The van der Waals surface area contributed by atoms with Crippen molar-refractivity contribution in [3.8, 4) is 0 Å². The molecule has 0 heterocycles. The van der Waals surface area contributed by atoms with Crippen LogP contribution in [0.15, 0.2) is 5.16 Å². The summed E-state index contributed by atoms with van der Waals surface area (Å²) in [7, 11) is 0. The number of ether oxygens (including phenoxy) is 1. The molecule has 0 fully saturated rings. The van der Waals surface area contributed by atoms with Crippen LogP contribution in [0.2, 0.25) is 0 Å². The van der Waals surface area contributed by atoms with E-state index in [1.165, 1.54) is 0 Å². The molecule has 0 saturated heterocycles. The molecule has 0 radical (unpaired) electrons. The Bertz CT molecular complexity index is 194. The van der Waals surface area contributed by atoms with Crippen molar-refractivity contribution in [3.63, 3.8) is 0 Å². The van der Waals surface area contributed by atoms with Gasteiger partial charge in [0.2, 0.25) is 5.91 Å². The molecular formula is C8H17N3O3. The quantitative estimate of drug-likeness (QED) is 0.173. The van der Waals surface area contributed by atoms with E-state index in [4.69, 9.17) is 15.7 Å². The minimum atomic E-state index is -0.128. The van der Waals surface area contributed by atoms with Gasteiger partial charge < -0.3 is 21.0 Å². The van der Waals surface area contributed by atoms with Gasteiger partial charge in [-0.3, -0.25) is 4.79 Å². The Balaban J connectivity index is 3.37. The monoisotopic (exact) mass is 203 g/mol. The number of amidine groups is 1. The number of carbonyl (C=O) groups is 1. The maximum Gasteiger partial charge on any atom is 0.220 e. The van der Waals surface area contributed by atoms with E-state index < -0.39 is 0 Å². The van der Waals surface area contributed by atoms with Gasteiger partial charge in [0.25, 0.3) is 0 Å². The topological polar surface area (TPSA) is 96.9 Å². The van der Waals surface area contributed by atoms with Gasteiger partial charge >= 0.3 is 0 Å². The molecule has 6 heteroatoms. The first kappa shape index (κ1) is 12.7. The zero-order valence-corrected chi connectivity index (χ0v) is 8.32. The fourth-order valence-electron chi connectivity index (χ4n) is 0.792. The first-order chi connectivity index (χ1) is 6.70. The second-order valence-electron chi connectivity index (χ2n) is 2.67. The van der Waals surface area contributed by atoms with Gasteiger partial charge in [-0.15, -0.1) is 0 Å². The average molecular weight is 203 g/mol. The summed E-state index contributed by atoms with van der Waals surface area (Å²) in [5.41, 5.74) is 5.16. The van der Waals surface area contributed by atoms with Gasteiger partial charge in [-0.2, -0.15) is 0 Å². The van der Waals surface area contributed by atoms with E-state index in [2.05, 4.69) is 10.5 Å². The molecule has 0 unspecified atom stereocenters. The number of hydrogen-bond acceptors (Lipinski definition) is 4. The van der Waals surface area contributed by atoms with E-state index in [0.717, 1.165) is 0 Å². The summed E-state index contributed by atoms with van der Waals surface area (Å²) in [4.78, 5) is 11.1. The molecule has 0 atom stereocenters. The van der Waals surface area contributed by atoms with Gasteiger partial charge in [0.1, 0.15) is 0 Å². The lowest BCUT2D eigenvalue weighted by Crippen LogP contribution is -2.33. The zero-order chi connectivity index (χ0) is 10.8. The fraction of sp³-hybridized carbons (Fsp3) is 0.750. The molecule has 0 saturated carbocycles. The summed E-state index contributed by atoms with van der Waals surface area (Å²) < 4.78 is 5.06. The molecular weight excluding hydrogens is 186 g/mol. The number of amides is 1. The highest BCUT2D eigenvalue weighted by atomic mass is 16.5. The Morgan fingerprint density at radius 2 is 2.36 bits per heavy atom. The fourth-order valence-corrected chi connectivity index (χ4v) is 0.792. The summed E-state index contributed by atoms with van der Waals surface area (Å²) >= 11 is 0. The molecule has 0 aromatic carbocycles. The van der Waals surface area contributed by atoms with Crippen LogP contribution >= 0.6 is 0 Å². The van der Waals surface area contributed by atoms with Crippen molar-refractivity contribution in [1.82, 2.24) is 5.32 Å². The zero-order valence-electron chi connectivity index (χ0n) is 8.32. The van der Waals surface area contributed by atoms with Crippen LogP contribution in [0.1, 0.15) is 19.8 Å². The second kappa shape index (κ2) is 8.31. The van der Waals surface area contributed by atoms with E-state index in [0.29, 0.717) is 26.1 Å². The van der Waals surface area contributed by atoms with Crippen molar-refractivity contribution in [1.29, 1.82) is 0 Å². The number of nitrogens with zero attached hydrogens (tertiary/aromatic N) is 1.